The van der Waals surface area contributed by atoms with Gasteiger partial charge in [-0.3, -0.25) is 4.79 Å². The van der Waals surface area contributed by atoms with Crippen LogP contribution in [0.5, 0.6) is 0 Å². The molecule has 240 valence electrons. The maximum absolute atomic E-state index is 14.3. The third-order valence-corrected chi connectivity index (χ3v) is 29.9. The average molecular weight is 615 g/mol. The molecule has 4 nitrogen and oxygen atoms in total. The van der Waals surface area contributed by atoms with Crippen molar-refractivity contribution in [1.29, 1.82) is 0 Å². The zero-order valence-electron chi connectivity index (χ0n) is 30.4. The smallest absolute Gasteiger partial charge is 0.309 e. The minimum Gasteiger partial charge on any atom is -0.517 e. The fourth-order valence-electron chi connectivity index (χ4n) is 9.04. The molecular formula is C33H74N2O2Si3. The summed E-state index contributed by atoms with van der Waals surface area (Å²) in [7, 11) is -5.93. The van der Waals surface area contributed by atoms with Crippen molar-refractivity contribution in [2.24, 2.45) is 0 Å². The molecule has 0 aliphatic rings. The number of nitrogens with one attached hydrogen (secondary N) is 2. The van der Waals surface area contributed by atoms with Crippen molar-refractivity contribution >= 4 is 30.8 Å². The molecule has 1 atom stereocenters. The van der Waals surface area contributed by atoms with Crippen molar-refractivity contribution in [3.8, 4) is 0 Å². The Morgan fingerprint density at radius 2 is 0.875 bits per heavy atom. The van der Waals surface area contributed by atoms with Gasteiger partial charge in [0, 0.05) is 0 Å². The molecule has 40 heavy (non-hydrogen) atoms. The van der Waals surface area contributed by atoms with Crippen molar-refractivity contribution < 1.29 is 9.22 Å². The Bertz CT molecular complexity index is 668. The summed E-state index contributed by atoms with van der Waals surface area (Å²) in [6.45, 7) is 43.4. The van der Waals surface area contributed by atoms with E-state index >= 15 is 0 Å². The molecule has 0 rings (SSSR count). The van der Waals surface area contributed by atoms with Crippen molar-refractivity contribution in [2.75, 3.05) is 6.54 Å². The molecular weight excluding hydrogens is 541 g/mol. The van der Waals surface area contributed by atoms with Crippen LogP contribution in [-0.2, 0) is 9.22 Å². The van der Waals surface area contributed by atoms with Crippen LogP contribution >= 0.6 is 0 Å². The maximum atomic E-state index is 14.3. The van der Waals surface area contributed by atoms with Gasteiger partial charge in [-0.1, -0.05) is 131 Å². The molecule has 0 saturated carbocycles. The molecule has 0 fully saturated rings. The molecule has 0 aromatic carbocycles. The summed E-state index contributed by atoms with van der Waals surface area (Å²) >= 11 is 0. The Labute approximate surface area is 255 Å². The van der Waals surface area contributed by atoms with Crippen LogP contribution in [0, 0.1) is 0 Å². The second-order valence-corrected chi connectivity index (χ2v) is 32.3. The van der Waals surface area contributed by atoms with Gasteiger partial charge < -0.3 is 14.4 Å². The number of hydrogen-bond acceptors (Lipinski definition) is 4. The number of unbranched alkanes of at least 4 members (excludes halogenated alkanes) is 1. The largest absolute Gasteiger partial charge is 0.517 e. The van der Waals surface area contributed by atoms with Crippen molar-refractivity contribution in [1.82, 2.24) is 9.96 Å². The molecule has 7 heteroatoms. The van der Waals surface area contributed by atoms with E-state index in [1.165, 1.54) is 0 Å². The fraction of sp³-hybridized carbons (Fsp3) is 0.970. The average Bonchev–Trinajstić information content (AvgIpc) is 2.79. The van der Waals surface area contributed by atoms with E-state index in [0.717, 1.165) is 25.8 Å². The summed E-state index contributed by atoms with van der Waals surface area (Å²) in [6, 6.07) is -0.218. The normalized spacial score (nSPS) is 14.9. The van der Waals surface area contributed by atoms with Crippen LogP contribution in [0.4, 0.5) is 0 Å². The van der Waals surface area contributed by atoms with Gasteiger partial charge in [-0.15, -0.1) is 0 Å². The van der Waals surface area contributed by atoms with Crippen LogP contribution < -0.4 is 9.96 Å². The molecule has 0 spiro atoms. The lowest BCUT2D eigenvalue weighted by atomic mass is 10.1. The van der Waals surface area contributed by atoms with Crippen LogP contribution in [0.1, 0.15) is 144 Å². The van der Waals surface area contributed by atoms with Crippen LogP contribution in [-0.4, -0.2) is 43.3 Å². The highest BCUT2D eigenvalue weighted by Crippen LogP contribution is 2.44. The van der Waals surface area contributed by atoms with Crippen LogP contribution in [0.3, 0.4) is 0 Å². The predicted molar refractivity (Wildman–Crippen MR) is 188 cm³/mol. The predicted octanol–water partition coefficient (Wildman–Crippen LogP) is 10.8. The minimum absolute atomic E-state index is 0.0322. The zero-order chi connectivity index (χ0) is 31.8. The molecule has 0 aromatic heterocycles. The van der Waals surface area contributed by atoms with E-state index < -0.39 is 24.8 Å². The van der Waals surface area contributed by atoms with Gasteiger partial charge in [0.25, 0.3) is 8.32 Å². The Kier molecular flexibility index (Phi) is 16.8. The van der Waals surface area contributed by atoms with Gasteiger partial charge in [-0.25, -0.2) is 0 Å². The molecule has 0 aromatic rings. The second kappa shape index (κ2) is 16.8. The lowest BCUT2D eigenvalue weighted by Gasteiger charge is -2.47. The Morgan fingerprint density at radius 3 is 1.18 bits per heavy atom. The van der Waals surface area contributed by atoms with Crippen molar-refractivity contribution in [3.63, 3.8) is 0 Å². The van der Waals surface area contributed by atoms with Crippen molar-refractivity contribution in [3.05, 3.63) is 0 Å². The van der Waals surface area contributed by atoms with E-state index in [9.17, 15) is 4.79 Å². The summed E-state index contributed by atoms with van der Waals surface area (Å²) in [6.07, 6.45) is 3.00. The first kappa shape index (κ1) is 40.0. The van der Waals surface area contributed by atoms with E-state index in [1.54, 1.807) is 0 Å². The third kappa shape index (κ3) is 8.79. The van der Waals surface area contributed by atoms with E-state index in [1.807, 2.05) is 0 Å². The number of carbonyl (C=O) groups excluding carboxylic acids is 1. The molecule has 0 unspecified atom stereocenters. The summed E-state index contributed by atoms with van der Waals surface area (Å²) < 4.78 is 6.83. The van der Waals surface area contributed by atoms with Gasteiger partial charge in [0.1, 0.15) is 16.5 Å². The highest BCUT2D eigenvalue weighted by atomic mass is 28.4. The molecule has 0 aliphatic carbocycles. The molecule has 0 heterocycles. The molecule has 0 aliphatic heterocycles. The molecule has 0 bridgehead atoms. The third-order valence-electron chi connectivity index (χ3n) is 10.8. The molecule has 2 N–H and O–H groups in total. The van der Waals surface area contributed by atoms with Crippen LogP contribution in [0.25, 0.3) is 0 Å². The van der Waals surface area contributed by atoms with Gasteiger partial charge in [0.2, 0.25) is 0 Å². The first-order valence-corrected chi connectivity index (χ1v) is 23.5. The zero-order valence-corrected chi connectivity index (χ0v) is 33.4. The first-order chi connectivity index (χ1) is 18.2. The monoisotopic (exact) mass is 615 g/mol. The quantitative estimate of drug-likeness (QED) is 0.112. The maximum Gasteiger partial charge on any atom is 0.309 e. The summed E-state index contributed by atoms with van der Waals surface area (Å²) in [5, 5.41) is 0. The van der Waals surface area contributed by atoms with E-state index in [-0.39, 0.29) is 12.0 Å². The van der Waals surface area contributed by atoms with Crippen LogP contribution in [0.2, 0.25) is 49.9 Å². The van der Waals surface area contributed by atoms with Gasteiger partial charge in [0.15, 0.2) is 0 Å². The highest BCUT2D eigenvalue weighted by molar-refractivity contribution is 6.82. The Hall–Kier alpha value is 0.0406. The Morgan fingerprint density at radius 1 is 0.525 bits per heavy atom. The number of carbonyl (C=O) groups is 1. The summed E-state index contributed by atoms with van der Waals surface area (Å²) in [5.74, 6) is 0.0322. The van der Waals surface area contributed by atoms with E-state index in [4.69, 9.17) is 4.43 Å². The first-order valence-electron chi connectivity index (χ1n) is 16.9. The van der Waals surface area contributed by atoms with Gasteiger partial charge in [0.05, 0.1) is 6.04 Å². The molecule has 0 saturated heterocycles. The Balaban J connectivity index is 6.15. The highest BCUT2D eigenvalue weighted by Gasteiger charge is 2.51. The second-order valence-electron chi connectivity index (χ2n) is 15.7. The number of rotatable bonds is 19. The topological polar surface area (TPSA) is 50.4 Å². The molecule has 0 radical (unpaired) electrons. The fourth-order valence-corrected chi connectivity index (χ4v) is 25.9. The molecule has 0 amide bonds. The van der Waals surface area contributed by atoms with Crippen molar-refractivity contribution in [2.45, 2.75) is 200 Å². The van der Waals surface area contributed by atoms with Crippen LogP contribution in [0.15, 0.2) is 0 Å². The summed E-state index contributed by atoms with van der Waals surface area (Å²) in [5.41, 5.74) is 4.91. The lowest BCUT2D eigenvalue weighted by Crippen LogP contribution is -2.64. The summed E-state index contributed by atoms with van der Waals surface area (Å²) in [4.78, 5) is 22.6. The van der Waals surface area contributed by atoms with E-state index in [2.05, 4.69) is 135 Å². The SMILES string of the molecule is CC(C)[Si](NCCCC[C@H](N[Si](C(C)C)(C(C)C)C(C)C)C(=O)O[Si](C(C)C)(C(C)C)C(C)C)(C(C)C)C(C)C. The van der Waals surface area contributed by atoms with Gasteiger partial charge in [-0.05, 0) is 69.3 Å². The minimum atomic E-state index is -2.31. The van der Waals surface area contributed by atoms with Gasteiger partial charge >= 0.3 is 5.97 Å². The van der Waals surface area contributed by atoms with E-state index in [0.29, 0.717) is 49.9 Å². The number of hydrogen-bond donors (Lipinski definition) is 2. The lowest BCUT2D eigenvalue weighted by molar-refractivity contribution is -0.138. The van der Waals surface area contributed by atoms with Gasteiger partial charge in [-0.2, -0.15) is 0 Å². The standard InChI is InChI=1S/C33H74N2O2Si3/c1-23(2)38(24(3)4,25(5)6)34-22-20-19-21-32(35-39(26(7)8,27(9)10)28(11)12)33(36)37-40(29(13)14,30(15)16)31(17)18/h23-32,34-35H,19-22H2,1-18H3/t32-/m0/s1.